The molecule has 1 aliphatic carbocycles. The number of ether oxygens (including phenoxy) is 1. The first-order valence-corrected chi connectivity index (χ1v) is 11.7. The topological polar surface area (TPSA) is 125 Å². The van der Waals surface area contributed by atoms with Crippen molar-refractivity contribution < 1.29 is 29.0 Å². The number of aliphatic carboxylic acids is 1. The number of carbonyl (C=O) groups excluding carboxylic acids is 3. The fourth-order valence-electron chi connectivity index (χ4n) is 4.30. The highest BCUT2D eigenvalue weighted by Gasteiger charge is 2.31. The molecule has 1 atom stereocenters. The molecule has 0 bridgehead atoms. The zero-order valence-electron chi connectivity index (χ0n) is 20.0. The third-order valence-corrected chi connectivity index (χ3v) is 5.98. The van der Waals surface area contributed by atoms with Crippen LogP contribution in [0.25, 0.3) is 11.1 Å². The minimum atomic E-state index is -1.13. The van der Waals surface area contributed by atoms with Gasteiger partial charge in [-0.05, 0) is 42.5 Å². The molecular weight excluding hydrogens is 450 g/mol. The van der Waals surface area contributed by atoms with E-state index >= 15 is 0 Å². The SMILES string of the molecule is CCNC(=O)CN(CC)C(=O)C(CCC(=O)O)NC(=O)OCC1c2ccccc2-c2ccccc21. The number of alkyl carbamates (subject to hydrolysis) is 1. The molecule has 2 aromatic carbocycles. The highest BCUT2D eigenvalue weighted by atomic mass is 16.5. The lowest BCUT2D eigenvalue weighted by Gasteiger charge is -2.26. The highest BCUT2D eigenvalue weighted by molar-refractivity contribution is 5.90. The zero-order chi connectivity index (χ0) is 25.4. The van der Waals surface area contributed by atoms with Crippen molar-refractivity contribution in [3.05, 3.63) is 59.7 Å². The Morgan fingerprint density at radius 1 is 1.00 bits per heavy atom. The Kier molecular flexibility index (Phi) is 8.83. The number of fused-ring (bicyclic) bond motifs is 3. The average molecular weight is 482 g/mol. The van der Waals surface area contributed by atoms with E-state index in [0.717, 1.165) is 22.3 Å². The Labute approximate surface area is 204 Å². The lowest BCUT2D eigenvalue weighted by molar-refractivity contribution is -0.139. The van der Waals surface area contributed by atoms with Gasteiger partial charge in [-0.15, -0.1) is 0 Å². The number of hydrogen-bond donors (Lipinski definition) is 3. The number of carboxylic acid groups (broad SMARTS) is 1. The number of amides is 3. The summed E-state index contributed by atoms with van der Waals surface area (Å²) in [5.74, 6) is -2.11. The molecule has 0 fully saturated rings. The molecule has 1 aliphatic rings. The van der Waals surface area contributed by atoms with Gasteiger partial charge in [-0.3, -0.25) is 14.4 Å². The summed E-state index contributed by atoms with van der Waals surface area (Å²) in [6.07, 6.45) is -1.26. The van der Waals surface area contributed by atoms with E-state index in [2.05, 4.69) is 10.6 Å². The van der Waals surface area contributed by atoms with Gasteiger partial charge in [0.05, 0.1) is 6.54 Å². The lowest BCUT2D eigenvalue weighted by Crippen LogP contribution is -2.51. The van der Waals surface area contributed by atoms with Crippen LogP contribution < -0.4 is 10.6 Å². The van der Waals surface area contributed by atoms with Gasteiger partial charge in [0.15, 0.2) is 0 Å². The van der Waals surface area contributed by atoms with E-state index in [9.17, 15) is 19.2 Å². The van der Waals surface area contributed by atoms with Crippen molar-refractivity contribution in [2.24, 2.45) is 0 Å². The molecule has 0 heterocycles. The second-order valence-electron chi connectivity index (χ2n) is 8.26. The van der Waals surface area contributed by atoms with Gasteiger partial charge in [0.1, 0.15) is 12.6 Å². The molecule has 3 amide bonds. The summed E-state index contributed by atoms with van der Waals surface area (Å²) in [5.41, 5.74) is 4.30. The third kappa shape index (κ3) is 6.38. The number of likely N-dealkylation sites (N-methyl/N-ethyl adjacent to an activating group) is 2. The minimum absolute atomic E-state index is 0.0656. The maximum absolute atomic E-state index is 13.0. The number of benzene rings is 2. The van der Waals surface area contributed by atoms with Crippen molar-refractivity contribution in [2.45, 2.75) is 38.6 Å². The Morgan fingerprint density at radius 3 is 2.14 bits per heavy atom. The summed E-state index contributed by atoms with van der Waals surface area (Å²) in [6, 6.07) is 14.7. The summed E-state index contributed by atoms with van der Waals surface area (Å²) < 4.78 is 5.51. The first kappa shape index (κ1) is 25.7. The zero-order valence-corrected chi connectivity index (χ0v) is 20.0. The highest BCUT2D eigenvalue weighted by Crippen LogP contribution is 2.44. The van der Waals surface area contributed by atoms with Crippen molar-refractivity contribution >= 4 is 23.9 Å². The Bertz CT molecular complexity index is 1040. The van der Waals surface area contributed by atoms with Crippen LogP contribution >= 0.6 is 0 Å². The van der Waals surface area contributed by atoms with E-state index in [0.29, 0.717) is 6.54 Å². The quantitative estimate of drug-likeness (QED) is 0.453. The van der Waals surface area contributed by atoms with Crippen LogP contribution in [0.4, 0.5) is 4.79 Å². The van der Waals surface area contributed by atoms with Gasteiger partial charge >= 0.3 is 12.1 Å². The van der Waals surface area contributed by atoms with Crippen molar-refractivity contribution in [3.8, 4) is 11.1 Å². The molecule has 0 saturated carbocycles. The van der Waals surface area contributed by atoms with Crippen molar-refractivity contribution in [3.63, 3.8) is 0 Å². The molecule has 0 aromatic heterocycles. The van der Waals surface area contributed by atoms with E-state index in [1.165, 1.54) is 4.90 Å². The van der Waals surface area contributed by atoms with Gasteiger partial charge in [0.2, 0.25) is 11.8 Å². The Balaban J connectivity index is 1.68. The summed E-state index contributed by atoms with van der Waals surface area (Å²) in [4.78, 5) is 50.1. The number of carboxylic acids is 1. The van der Waals surface area contributed by atoms with Crippen molar-refractivity contribution in [2.75, 3.05) is 26.2 Å². The van der Waals surface area contributed by atoms with Crippen LogP contribution in [0.15, 0.2) is 48.5 Å². The fraction of sp³-hybridized carbons (Fsp3) is 0.385. The molecule has 0 aliphatic heterocycles. The number of hydrogen-bond acceptors (Lipinski definition) is 5. The smallest absolute Gasteiger partial charge is 0.407 e. The van der Waals surface area contributed by atoms with Gasteiger partial charge < -0.3 is 25.4 Å². The summed E-state index contributed by atoms with van der Waals surface area (Å²) in [5, 5.41) is 14.2. The van der Waals surface area contributed by atoms with E-state index in [4.69, 9.17) is 9.84 Å². The molecule has 3 N–H and O–H groups in total. The molecule has 2 aromatic rings. The first-order valence-electron chi connectivity index (χ1n) is 11.7. The maximum Gasteiger partial charge on any atom is 0.407 e. The summed E-state index contributed by atoms with van der Waals surface area (Å²) in [6.45, 7) is 4.01. The molecule has 35 heavy (non-hydrogen) atoms. The number of nitrogens with one attached hydrogen (secondary N) is 2. The van der Waals surface area contributed by atoms with Crippen LogP contribution in [0, 0.1) is 0 Å². The molecule has 0 radical (unpaired) electrons. The Hall–Kier alpha value is -3.88. The maximum atomic E-state index is 13.0. The molecule has 1 unspecified atom stereocenters. The van der Waals surface area contributed by atoms with Gasteiger partial charge in [0.25, 0.3) is 0 Å². The van der Waals surface area contributed by atoms with E-state index < -0.39 is 24.0 Å². The molecular formula is C26H31N3O6. The second kappa shape index (κ2) is 12.0. The summed E-state index contributed by atoms with van der Waals surface area (Å²) >= 11 is 0. The van der Waals surface area contributed by atoms with Crippen LogP contribution in [-0.4, -0.2) is 66.2 Å². The number of nitrogens with zero attached hydrogens (tertiary/aromatic N) is 1. The number of carbonyl (C=O) groups is 4. The van der Waals surface area contributed by atoms with E-state index in [1.54, 1.807) is 13.8 Å². The molecule has 0 spiro atoms. The van der Waals surface area contributed by atoms with Crippen LogP contribution in [0.5, 0.6) is 0 Å². The largest absolute Gasteiger partial charge is 0.481 e. The normalized spacial score (nSPS) is 12.7. The molecule has 9 nitrogen and oxygen atoms in total. The lowest BCUT2D eigenvalue weighted by atomic mass is 9.98. The standard InChI is InChI=1S/C26H31N3O6/c1-3-27-23(30)15-29(4-2)25(33)22(13-14-24(31)32)28-26(34)35-16-21-19-11-7-5-9-17(19)18-10-6-8-12-20(18)21/h5-12,21-22H,3-4,13-16H2,1-2H3,(H,27,30)(H,28,34)(H,31,32). The summed E-state index contributed by atoms with van der Waals surface area (Å²) in [7, 11) is 0. The van der Waals surface area contributed by atoms with Crippen molar-refractivity contribution in [1.29, 1.82) is 0 Å². The minimum Gasteiger partial charge on any atom is -0.481 e. The van der Waals surface area contributed by atoms with E-state index in [1.807, 2.05) is 48.5 Å². The van der Waals surface area contributed by atoms with Crippen LogP contribution in [0.3, 0.4) is 0 Å². The monoisotopic (exact) mass is 481 g/mol. The Morgan fingerprint density at radius 2 is 1.60 bits per heavy atom. The van der Waals surface area contributed by atoms with Gasteiger partial charge in [0, 0.05) is 25.4 Å². The molecule has 186 valence electrons. The van der Waals surface area contributed by atoms with E-state index in [-0.39, 0.29) is 44.4 Å². The molecule has 3 rings (SSSR count). The fourth-order valence-corrected chi connectivity index (χ4v) is 4.30. The van der Waals surface area contributed by atoms with Gasteiger partial charge in [-0.1, -0.05) is 48.5 Å². The first-order chi connectivity index (χ1) is 16.8. The predicted octanol–water partition coefficient (Wildman–Crippen LogP) is 2.74. The van der Waals surface area contributed by atoms with Gasteiger partial charge in [-0.2, -0.15) is 0 Å². The molecule has 0 saturated heterocycles. The second-order valence-corrected chi connectivity index (χ2v) is 8.26. The van der Waals surface area contributed by atoms with Crippen LogP contribution in [0.2, 0.25) is 0 Å². The average Bonchev–Trinajstić information content (AvgIpc) is 3.17. The number of rotatable bonds is 11. The molecule has 9 heteroatoms. The van der Waals surface area contributed by atoms with Crippen molar-refractivity contribution in [1.82, 2.24) is 15.5 Å². The predicted molar refractivity (Wildman–Crippen MR) is 130 cm³/mol. The van der Waals surface area contributed by atoms with Crippen LogP contribution in [0.1, 0.15) is 43.7 Å². The third-order valence-electron chi connectivity index (χ3n) is 5.98. The van der Waals surface area contributed by atoms with Crippen LogP contribution in [-0.2, 0) is 19.1 Å². The van der Waals surface area contributed by atoms with Gasteiger partial charge in [-0.25, -0.2) is 4.79 Å².